The highest BCUT2D eigenvalue weighted by Gasteiger charge is 2.61. The second-order valence-electron chi connectivity index (χ2n) is 15.9. The van der Waals surface area contributed by atoms with Gasteiger partial charge in [-0.05, 0) is 55.9 Å². The van der Waals surface area contributed by atoms with Gasteiger partial charge in [-0.2, -0.15) is 0 Å². The SMILES string of the molecule is C=C[C@@H]1C[C@@]12NC(=O)[C@@H]1C[C@@H](OC(=O)N3Cc4cccc(F)c4C3)CN1C(=O)[C@@H](NC(=O)C1CCOCC1)CCCCCCCNc1ccccc1S(=O)(=O)NC2=O. The van der Waals surface area contributed by atoms with Crippen molar-refractivity contribution in [3.63, 3.8) is 0 Å². The van der Waals surface area contributed by atoms with Gasteiger partial charge in [0.1, 0.15) is 34.4 Å². The van der Waals surface area contributed by atoms with Gasteiger partial charge in [-0.3, -0.25) is 24.1 Å². The number of benzene rings is 2. The zero-order valence-corrected chi connectivity index (χ0v) is 33.2. The molecule has 0 bridgehead atoms. The van der Waals surface area contributed by atoms with Crippen molar-refractivity contribution in [2.24, 2.45) is 11.8 Å². The van der Waals surface area contributed by atoms with Gasteiger partial charge in [0.05, 0.1) is 18.8 Å². The smallest absolute Gasteiger partial charge is 0.410 e. The van der Waals surface area contributed by atoms with Crippen LogP contribution in [0, 0.1) is 17.7 Å². The van der Waals surface area contributed by atoms with E-state index in [4.69, 9.17) is 9.47 Å². The molecule has 4 heterocycles. The molecule has 17 heteroatoms. The fourth-order valence-electron chi connectivity index (χ4n) is 8.49. The largest absolute Gasteiger partial charge is 0.444 e. The number of anilines is 1. The summed E-state index contributed by atoms with van der Waals surface area (Å²) in [7, 11) is -4.41. The number of rotatable bonds is 4. The van der Waals surface area contributed by atoms with E-state index in [2.05, 4.69) is 27.3 Å². The molecule has 1 saturated carbocycles. The van der Waals surface area contributed by atoms with Crippen LogP contribution < -0.4 is 20.7 Å². The molecule has 0 aromatic heterocycles. The second kappa shape index (κ2) is 17.4. The van der Waals surface area contributed by atoms with E-state index < -0.39 is 69.3 Å². The number of carbonyl (C=O) groups is 5. The Morgan fingerprint density at radius 3 is 2.50 bits per heavy atom. The topological polar surface area (TPSA) is 193 Å². The molecule has 0 unspecified atom stereocenters. The summed E-state index contributed by atoms with van der Waals surface area (Å²) in [6.07, 6.45) is 4.66. The summed E-state index contributed by atoms with van der Waals surface area (Å²) in [5.41, 5.74) is -0.330. The van der Waals surface area contributed by atoms with Crippen LogP contribution in [0.2, 0.25) is 0 Å². The van der Waals surface area contributed by atoms with Crippen molar-refractivity contribution in [3.8, 4) is 0 Å². The van der Waals surface area contributed by atoms with Crippen LogP contribution in [0.1, 0.15) is 75.3 Å². The summed E-state index contributed by atoms with van der Waals surface area (Å²) in [4.78, 5) is 72.6. The molecule has 5 aliphatic rings. The van der Waals surface area contributed by atoms with Crippen molar-refractivity contribution in [2.45, 2.75) is 106 Å². The molecule has 15 nitrogen and oxygen atoms in total. The molecule has 4 aliphatic heterocycles. The molecule has 58 heavy (non-hydrogen) atoms. The monoisotopic (exact) mass is 822 g/mol. The number of nitrogens with one attached hydrogen (secondary N) is 4. The number of para-hydroxylation sites is 1. The van der Waals surface area contributed by atoms with E-state index in [1.54, 1.807) is 30.3 Å². The molecule has 2 saturated heterocycles. The van der Waals surface area contributed by atoms with Crippen molar-refractivity contribution in [2.75, 3.05) is 31.6 Å². The average molecular weight is 823 g/mol. The summed E-state index contributed by atoms with van der Waals surface area (Å²) in [6.45, 7) is 5.04. The van der Waals surface area contributed by atoms with Crippen molar-refractivity contribution < 1.29 is 46.3 Å². The van der Waals surface area contributed by atoms with Gasteiger partial charge in [0.2, 0.25) is 17.7 Å². The number of amides is 5. The van der Waals surface area contributed by atoms with Gasteiger partial charge in [-0.25, -0.2) is 22.3 Å². The molecule has 7 rings (SSSR count). The highest BCUT2D eigenvalue weighted by Crippen LogP contribution is 2.45. The maximum atomic E-state index is 14.6. The lowest BCUT2D eigenvalue weighted by atomic mass is 9.98. The Hall–Kier alpha value is -5.03. The summed E-state index contributed by atoms with van der Waals surface area (Å²) < 4.78 is 55.4. The molecule has 2 aromatic rings. The van der Waals surface area contributed by atoms with Crippen LogP contribution in [-0.4, -0.2) is 98.0 Å². The molecule has 1 aliphatic carbocycles. The lowest BCUT2D eigenvalue weighted by Crippen LogP contribution is -2.58. The third-order valence-corrected chi connectivity index (χ3v) is 13.3. The van der Waals surface area contributed by atoms with Crippen LogP contribution in [0.25, 0.3) is 0 Å². The first-order valence-corrected chi connectivity index (χ1v) is 21.6. The molecule has 4 N–H and O–H groups in total. The van der Waals surface area contributed by atoms with Gasteiger partial charge in [-0.15, -0.1) is 6.58 Å². The number of halogens is 1. The highest BCUT2D eigenvalue weighted by molar-refractivity contribution is 7.90. The van der Waals surface area contributed by atoms with Crippen LogP contribution >= 0.6 is 0 Å². The maximum Gasteiger partial charge on any atom is 0.410 e. The van der Waals surface area contributed by atoms with Crippen LogP contribution in [0.4, 0.5) is 14.9 Å². The van der Waals surface area contributed by atoms with E-state index in [9.17, 15) is 36.8 Å². The molecular formula is C41H51FN6O9S. The van der Waals surface area contributed by atoms with Crippen molar-refractivity contribution in [3.05, 3.63) is 72.1 Å². The first-order valence-electron chi connectivity index (χ1n) is 20.2. The lowest BCUT2D eigenvalue weighted by Gasteiger charge is -2.31. The Bertz CT molecular complexity index is 2040. The summed E-state index contributed by atoms with van der Waals surface area (Å²) in [5.74, 6) is -3.95. The van der Waals surface area contributed by atoms with Crippen LogP contribution in [0.5, 0.6) is 0 Å². The third-order valence-electron chi connectivity index (χ3n) is 11.9. The van der Waals surface area contributed by atoms with Crippen molar-refractivity contribution in [1.29, 1.82) is 0 Å². The molecule has 312 valence electrons. The molecule has 2 aromatic carbocycles. The summed E-state index contributed by atoms with van der Waals surface area (Å²) in [6, 6.07) is 8.62. The molecule has 3 fully saturated rings. The second-order valence-corrected chi connectivity index (χ2v) is 17.5. The van der Waals surface area contributed by atoms with E-state index in [1.807, 2.05) is 0 Å². The van der Waals surface area contributed by atoms with Gasteiger partial charge < -0.3 is 30.3 Å². The predicted molar refractivity (Wildman–Crippen MR) is 209 cm³/mol. The first kappa shape index (κ1) is 41.1. The first-order chi connectivity index (χ1) is 27.9. The normalized spacial score (nSPS) is 28.2. The Labute approximate surface area is 337 Å². The Balaban J connectivity index is 1.16. The minimum Gasteiger partial charge on any atom is -0.444 e. The van der Waals surface area contributed by atoms with Gasteiger partial charge in [-0.1, -0.05) is 56.0 Å². The van der Waals surface area contributed by atoms with Gasteiger partial charge in [0, 0.05) is 50.1 Å². The maximum absolute atomic E-state index is 14.6. The number of nitrogens with zero attached hydrogens (tertiary/aromatic N) is 2. The lowest BCUT2D eigenvalue weighted by molar-refractivity contribution is -0.143. The van der Waals surface area contributed by atoms with E-state index in [1.165, 1.54) is 28.0 Å². The number of carbonyl (C=O) groups excluding carboxylic acids is 5. The Morgan fingerprint density at radius 1 is 0.983 bits per heavy atom. The number of fused-ring (bicyclic) bond motifs is 3. The average Bonchev–Trinajstić information content (AvgIpc) is 3.50. The summed E-state index contributed by atoms with van der Waals surface area (Å²) >= 11 is 0. The van der Waals surface area contributed by atoms with E-state index in [0.717, 1.165) is 25.7 Å². The highest BCUT2D eigenvalue weighted by atomic mass is 32.2. The number of ether oxygens (including phenoxy) is 2. The van der Waals surface area contributed by atoms with Crippen molar-refractivity contribution >= 4 is 45.4 Å². The van der Waals surface area contributed by atoms with Gasteiger partial charge in [0.15, 0.2) is 0 Å². The standard InChI is InChI=1S/C41H51FN6O9S/c1-2-28-22-41(28)39(52)46-58(54,55)35-15-8-7-13-32(35)43-18-9-5-3-4-6-14-33(44-36(49)26-16-19-56-20-17-26)38(51)48-24-29(21-34(48)37(50)45-41)57-40(53)47-23-27-11-10-12-31(42)30(27)25-47/h2,7-8,10-13,15,26,28-29,33-34,43H,1,3-6,9,14,16-25H2,(H,44,49)(H,45,50)(H,46,52)/t28-,29-,33+,34+,41-/m1/s1. The van der Waals surface area contributed by atoms with E-state index in [-0.39, 0.29) is 49.2 Å². The zero-order chi connectivity index (χ0) is 41.0. The van der Waals surface area contributed by atoms with Crippen molar-refractivity contribution in [1.82, 2.24) is 25.2 Å². The molecular weight excluding hydrogens is 772 g/mol. The molecule has 0 radical (unpaired) electrons. The predicted octanol–water partition coefficient (Wildman–Crippen LogP) is 3.49. The Morgan fingerprint density at radius 2 is 1.74 bits per heavy atom. The number of hydrogen-bond acceptors (Lipinski definition) is 10. The van der Waals surface area contributed by atoms with E-state index in [0.29, 0.717) is 62.3 Å². The Kier molecular flexibility index (Phi) is 12.4. The zero-order valence-electron chi connectivity index (χ0n) is 32.4. The van der Waals surface area contributed by atoms with Crippen LogP contribution in [0.3, 0.4) is 0 Å². The van der Waals surface area contributed by atoms with Gasteiger partial charge >= 0.3 is 6.09 Å². The summed E-state index contributed by atoms with van der Waals surface area (Å²) in [5, 5.41) is 8.90. The quantitative estimate of drug-likeness (QED) is 0.332. The van der Waals surface area contributed by atoms with E-state index >= 15 is 0 Å². The fourth-order valence-corrected chi connectivity index (χ4v) is 9.71. The molecule has 5 atom stereocenters. The van der Waals surface area contributed by atoms with Crippen LogP contribution in [0.15, 0.2) is 60.0 Å². The third kappa shape index (κ3) is 8.84. The minimum absolute atomic E-state index is 0.00947. The number of sulfonamides is 1. The minimum atomic E-state index is -4.41. The molecule has 5 amide bonds. The molecule has 1 spiro atoms. The van der Waals surface area contributed by atoms with Gasteiger partial charge in [0.25, 0.3) is 15.9 Å². The number of hydrogen-bond donors (Lipinski definition) is 4. The fraction of sp³-hybridized carbons (Fsp3) is 0.537. The van der Waals surface area contributed by atoms with Crippen LogP contribution in [-0.2, 0) is 51.8 Å².